The Kier molecular flexibility index (Phi) is 6.72. The number of rotatable bonds is 7. The van der Waals surface area contributed by atoms with Crippen LogP contribution in [-0.4, -0.2) is 26.6 Å². The predicted molar refractivity (Wildman–Crippen MR) is 80.0 cm³/mol. The minimum atomic E-state index is -2.33. The van der Waals surface area contributed by atoms with Gasteiger partial charge in [0.15, 0.2) is 0 Å². The van der Waals surface area contributed by atoms with Gasteiger partial charge in [-0.3, -0.25) is 0 Å². The molecule has 2 nitrogen and oxygen atoms in total. The number of nitrogens with one attached hydrogen (secondary N) is 1. The van der Waals surface area contributed by atoms with Crippen LogP contribution >= 0.6 is 15.9 Å². The van der Waals surface area contributed by atoms with Crippen LogP contribution < -0.4 is 10.2 Å². The van der Waals surface area contributed by atoms with Crippen LogP contribution in [0.1, 0.15) is 19.4 Å². The van der Waals surface area contributed by atoms with Crippen LogP contribution in [0.5, 0.6) is 0 Å². The van der Waals surface area contributed by atoms with Gasteiger partial charge in [-0.2, -0.15) is 0 Å². The smallest absolute Gasteiger partial charge is 0.255 e. The van der Waals surface area contributed by atoms with E-state index in [4.69, 9.17) is 0 Å². The molecule has 108 valence electrons. The van der Waals surface area contributed by atoms with Crippen molar-refractivity contribution in [2.45, 2.75) is 26.8 Å². The molecule has 0 amide bonds. The molecule has 1 N–H and O–H groups in total. The van der Waals surface area contributed by atoms with E-state index in [0.717, 1.165) is 28.8 Å². The Morgan fingerprint density at radius 3 is 2.53 bits per heavy atom. The average Bonchev–Trinajstić information content (AvgIpc) is 2.27. The van der Waals surface area contributed by atoms with E-state index in [1.807, 2.05) is 18.2 Å². The lowest BCUT2D eigenvalue weighted by Gasteiger charge is -2.20. The number of hydrogen-bond donors (Lipinski definition) is 1. The molecule has 19 heavy (non-hydrogen) atoms. The molecule has 0 fully saturated rings. The Morgan fingerprint density at radius 2 is 2.00 bits per heavy atom. The fraction of sp³-hybridized carbons (Fsp3) is 0.571. The molecule has 1 rings (SSSR count). The fourth-order valence-corrected chi connectivity index (χ4v) is 2.51. The van der Waals surface area contributed by atoms with Crippen LogP contribution in [0.25, 0.3) is 0 Å². The van der Waals surface area contributed by atoms with Crippen LogP contribution in [0, 0.1) is 5.92 Å². The van der Waals surface area contributed by atoms with Crippen LogP contribution in [0.4, 0.5) is 14.5 Å². The van der Waals surface area contributed by atoms with E-state index in [-0.39, 0.29) is 6.54 Å². The van der Waals surface area contributed by atoms with Crippen LogP contribution in [-0.2, 0) is 6.54 Å². The molecule has 0 spiro atoms. The zero-order valence-electron chi connectivity index (χ0n) is 11.6. The Bertz CT molecular complexity index is 397. The normalized spacial score (nSPS) is 11.4. The van der Waals surface area contributed by atoms with Gasteiger partial charge in [0.1, 0.15) is 0 Å². The van der Waals surface area contributed by atoms with E-state index in [1.165, 1.54) is 0 Å². The SMILES string of the molecule is CC(C)CNCc1ccc(N(C)CC(F)F)c(Br)c1. The van der Waals surface area contributed by atoms with Crippen molar-refractivity contribution in [1.29, 1.82) is 0 Å². The third-order valence-corrected chi connectivity index (χ3v) is 3.35. The van der Waals surface area contributed by atoms with Crippen molar-refractivity contribution in [3.63, 3.8) is 0 Å². The summed E-state index contributed by atoms with van der Waals surface area (Å²) >= 11 is 3.44. The molecule has 0 atom stereocenters. The molecule has 0 unspecified atom stereocenters. The Morgan fingerprint density at radius 1 is 1.32 bits per heavy atom. The van der Waals surface area contributed by atoms with Crippen molar-refractivity contribution in [3.05, 3.63) is 28.2 Å². The third kappa shape index (κ3) is 5.87. The Balaban J connectivity index is 2.63. The topological polar surface area (TPSA) is 15.3 Å². The number of halogens is 3. The van der Waals surface area contributed by atoms with Crippen molar-refractivity contribution >= 4 is 21.6 Å². The minimum Gasteiger partial charge on any atom is -0.368 e. The number of hydrogen-bond acceptors (Lipinski definition) is 2. The molecule has 0 aliphatic heterocycles. The van der Waals surface area contributed by atoms with E-state index in [1.54, 1.807) is 11.9 Å². The van der Waals surface area contributed by atoms with Crippen molar-refractivity contribution in [2.24, 2.45) is 5.92 Å². The molecular weight excluding hydrogens is 314 g/mol. The quantitative estimate of drug-likeness (QED) is 0.813. The maximum atomic E-state index is 12.4. The standard InChI is InChI=1S/C14H21BrF2N2/c1-10(2)7-18-8-11-4-5-13(12(15)6-11)19(3)9-14(16)17/h4-6,10,14,18H,7-9H2,1-3H3. The molecule has 0 bridgehead atoms. The van der Waals surface area contributed by atoms with E-state index in [2.05, 4.69) is 35.1 Å². The lowest BCUT2D eigenvalue weighted by molar-refractivity contribution is 0.156. The van der Waals surface area contributed by atoms with E-state index in [9.17, 15) is 8.78 Å². The molecule has 5 heteroatoms. The monoisotopic (exact) mass is 334 g/mol. The van der Waals surface area contributed by atoms with Gasteiger partial charge in [0, 0.05) is 18.1 Å². The van der Waals surface area contributed by atoms with Gasteiger partial charge >= 0.3 is 0 Å². The molecule has 1 aromatic rings. The maximum absolute atomic E-state index is 12.4. The molecule has 0 saturated heterocycles. The summed E-state index contributed by atoms with van der Waals surface area (Å²) in [5.74, 6) is 0.611. The highest BCUT2D eigenvalue weighted by molar-refractivity contribution is 9.10. The first-order valence-electron chi connectivity index (χ1n) is 6.38. The first-order valence-corrected chi connectivity index (χ1v) is 7.18. The number of anilines is 1. The van der Waals surface area contributed by atoms with Crippen molar-refractivity contribution < 1.29 is 8.78 Å². The highest BCUT2D eigenvalue weighted by atomic mass is 79.9. The summed E-state index contributed by atoms with van der Waals surface area (Å²) in [5.41, 5.74) is 1.93. The lowest BCUT2D eigenvalue weighted by atomic mass is 10.1. The lowest BCUT2D eigenvalue weighted by Crippen LogP contribution is -2.24. The number of alkyl halides is 2. The molecule has 0 saturated carbocycles. The second-order valence-electron chi connectivity index (χ2n) is 5.08. The average molecular weight is 335 g/mol. The van der Waals surface area contributed by atoms with Crippen LogP contribution in [0.15, 0.2) is 22.7 Å². The summed E-state index contributed by atoms with van der Waals surface area (Å²) in [5, 5.41) is 3.35. The Labute approximate surface area is 122 Å². The maximum Gasteiger partial charge on any atom is 0.255 e. The van der Waals surface area contributed by atoms with Gasteiger partial charge in [0.2, 0.25) is 0 Å². The Hall–Kier alpha value is -0.680. The molecule has 1 aromatic carbocycles. The summed E-state index contributed by atoms with van der Waals surface area (Å²) in [4.78, 5) is 1.56. The van der Waals surface area contributed by atoms with Gasteiger partial charge in [-0.05, 0) is 46.1 Å². The van der Waals surface area contributed by atoms with Crippen molar-refractivity contribution in [1.82, 2.24) is 5.32 Å². The largest absolute Gasteiger partial charge is 0.368 e. The van der Waals surface area contributed by atoms with E-state index < -0.39 is 6.43 Å². The molecule has 0 radical (unpaired) electrons. The minimum absolute atomic E-state index is 0.260. The molecule has 0 aliphatic carbocycles. The molecular formula is C14H21BrF2N2. The predicted octanol–water partition coefficient (Wildman–Crippen LogP) is 3.90. The first kappa shape index (κ1) is 16.4. The number of nitrogens with zero attached hydrogens (tertiary/aromatic N) is 1. The van der Waals surface area contributed by atoms with Gasteiger partial charge < -0.3 is 10.2 Å². The van der Waals surface area contributed by atoms with Gasteiger partial charge in [-0.25, -0.2) is 8.78 Å². The van der Waals surface area contributed by atoms with Crippen molar-refractivity contribution in [2.75, 3.05) is 25.0 Å². The van der Waals surface area contributed by atoms with Gasteiger partial charge in [-0.15, -0.1) is 0 Å². The second-order valence-corrected chi connectivity index (χ2v) is 5.94. The first-order chi connectivity index (χ1) is 8.90. The zero-order chi connectivity index (χ0) is 14.4. The summed E-state index contributed by atoms with van der Waals surface area (Å²) in [6.07, 6.45) is -2.33. The third-order valence-electron chi connectivity index (χ3n) is 2.72. The zero-order valence-corrected chi connectivity index (χ0v) is 13.2. The summed E-state index contributed by atoms with van der Waals surface area (Å²) in [6.45, 7) is 5.81. The number of benzene rings is 1. The van der Waals surface area contributed by atoms with Crippen LogP contribution in [0.3, 0.4) is 0 Å². The molecule has 0 heterocycles. The van der Waals surface area contributed by atoms with Crippen LogP contribution in [0.2, 0.25) is 0 Å². The van der Waals surface area contributed by atoms with Crippen molar-refractivity contribution in [3.8, 4) is 0 Å². The fourth-order valence-electron chi connectivity index (χ4n) is 1.78. The van der Waals surface area contributed by atoms with E-state index >= 15 is 0 Å². The van der Waals surface area contributed by atoms with Gasteiger partial charge in [0.05, 0.1) is 12.2 Å². The molecule has 0 aliphatic rings. The highest BCUT2D eigenvalue weighted by Gasteiger charge is 2.11. The summed E-state index contributed by atoms with van der Waals surface area (Å²) in [6, 6.07) is 5.82. The van der Waals surface area contributed by atoms with Gasteiger partial charge in [0.25, 0.3) is 6.43 Å². The summed E-state index contributed by atoms with van der Waals surface area (Å²) in [7, 11) is 1.67. The van der Waals surface area contributed by atoms with Gasteiger partial charge in [-0.1, -0.05) is 19.9 Å². The molecule has 0 aromatic heterocycles. The van der Waals surface area contributed by atoms with E-state index in [0.29, 0.717) is 5.92 Å². The highest BCUT2D eigenvalue weighted by Crippen LogP contribution is 2.27. The second kappa shape index (κ2) is 7.80. The summed E-state index contributed by atoms with van der Waals surface area (Å²) < 4.78 is 25.6.